The number of carboxylic acid groups (broad SMARTS) is 1. The smallest absolute Gasteiger partial charge is 0.340 e. The quantitative estimate of drug-likeness (QED) is 0.683. The number of halogens is 1. The van der Waals surface area contributed by atoms with Crippen LogP contribution < -0.4 is 5.32 Å². The minimum absolute atomic E-state index is 0.122. The van der Waals surface area contributed by atoms with E-state index in [1.54, 1.807) is 6.92 Å². The number of rotatable bonds is 5. The molecule has 0 saturated heterocycles. The molecule has 0 saturated carbocycles. The van der Waals surface area contributed by atoms with E-state index in [-0.39, 0.29) is 17.9 Å². The molecule has 7 nitrogen and oxygen atoms in total. The second-order valence-electron chi connectivity index (χ2n) is 4.68. The van der Waals surface area contributed by atoms with Gasteiger partial charge in [0.2, 0.25) is 0 Å². The Morgan fingerprint density at radius 3 is 2.64 bits per heavy atom. The average molecular weight is 308 g/mol. The highest BCUT2D eigenvalue weighted by atomic mass is 19.1. The monoisotopic (exact) mass is 308 g/mol. The Kier molecular flexibility index (Phi) is 4.22. The number of nitrogens with one attached hydrogen (secondary N) is 1. The maximum Gasteiger partial charge on any atom is 0.340 e. The lowest BCUT2D eigenvalue weighted by atomic mass is 10.1. The molecular weight excluding hydrogens is 295 g/mol. The highest BCUT2D eigenvalue weighted by Gasteiger charge is 2.31. The van der Waals surface area contributed by atoms with Crippen molar-refractivity contribution in [3.8, 4) is 0 Å². The van der Waals surface area contributed by atoms with Crippen LogP contribution in [0.1, 0.15) is 15.9 Å². The second kappa shape index (κ2) is 5.94. The fraction of sp³-hybridized carbons (Fsp3) is 0.214. The molecule has 0 radical (unpaired) electrons. The summed E-state index contributed by atoms with van der Waals surface area (Å²) in [7, 11) is 0. The molecule has 0 spiro atoms. The third kappa shape index (κ3) is 2.82. The van der Waals surface area contributed by atoms with Crippen LogP contribution in [0.25, 0.3) is 0 Å². The molecule has 1 aliphatic rings. The molecule has 0 aliphatic carbocycles. The first-order chi connectivity index (χ1) is 10.3. The fourth-order valence-electron chi connectivity index (χ4n) is 2.11. The SMILES string of the molecule is Cc1cc(F)c(C(=O)O)c(NC2=CC(=O)N(CCO)C2=O)c1. The van der Waals surface area contributed by atoms with Gasteiger partial charge in [-0.2, -0.15) is 0 Å². The van der Waals surface area contributed by atoms with E-state index in [0.717, 1.165) is 17.0 Å². The minimum Gasteiger partial charge on any atom is -0.478 e. The standard InChI is InChI=1S/C14H13FN2O5/c1-7-4-8(15)12(14(21)22)9(5-7)16-10-6-11(19)17(2-3-18)13(10)20/h4-6,16,18H,2-3H2,1H3,(H,21,22). The average Bonchev–Trinajstić information content (AvgIpc) is 2.65. The number of carboxylic acids is 1. The molecule has 1 aromatic carbocycles. The van der Waals surface area contributed by atoms with Gasteiger partial charge in [0.25, 0.3) is 11.8 Å². The number of aliphatic hydroxyl groups excluding tert-OH is 1. The molecule has 0 atom stereocenters. The molecule has 1 aromatic rings. The Bertz CT molecular complexity index is 699. The van der Waals surface area contributed by atoms with Gasteiger partial charge >= 0.3 is 5.97 Å². The maximum absolute atomic E-state index is 13.8. The van der Waals surface area contributed by atoms with E-state index >= 15 is 0 Å². The van der Waals surface area contributed by atoms with E-state index in [1.807, 2.05) is 0 Å². The van der Waals surface area contributed by atoms with E-state index in [1.165, 1.54) is 6.07 Å². The summed E-state index contributed by atoms with van der Waals surface area (Å²) in [4.78, 5) is 35.5. The second-order valence-corrected chi connectivity index (χ2v) is 4.68. The number of carbonyl (C=O) groups excluding carboxylic acids is 2. The number of nitrogens with zero attached hydrogens (tertiary/aromatic N) is 1. The number of benzene rings is 1. The Labute approximate surface area is 124 Å². The maximum atomic E-state index is 13.8. The third-order valence-electron chi connectivity index (χ3n) is 3.05. The molecule has 116 valence electrons. The zero-order valence-electron chi connectivity index (χ0n) is 11.6. The zero-order valence-corrected chi connectivity index (χ0v) is 11.6. The number of aryl methyl sites for hydroxylation is 1. The molecule has 0 fully saturated rings. The lowest BCUT2D eigenvalue weighted by Gasteiger charge is -2.15. The molecule has 1 aliphatic heterocycles. The number of hydrogen-bond acceptors (Lipinski definition) is 5. The van der Waals surface area contributed by atoms with Crippen molar-refractivity contribution >= 4 is 23.5 Å². The summed E-state index contributed by atoms with van der Waals surface area (Å²) >= 11 is 0. The number of amides is 2. The van der Waals surface area contributed by atoms with Gasteiger partial charge in [-0.05, 0) is 24.6 Å². The third-order valence-corrected chi connectivity index (χ3v) is 3.05. The predicted octanol–water partition coefficient (Wildman–Crippen LogP) is 0.489. The van der Waals surface area contributed by atoms with Gasteiger partial charge < -0.3 is 15.5 Å². The molecule has 0 bridgehead atoms. The van der Waals surface area contributed by atoms with Crippen LogP contribution in [0.15, 0.2) is 23.9 Å². The number of β-amino-alcohol motifs (C(OH)–C–C–N with tert-alkyl or cyclic N) is 1. The van der Waals surface area contributed by atoms with Gasteiger partial charge in [-0.3, -0.25) is 14.5 Å². The van der Waals surface area contributed by atoms with Crippen LogP contribution in [0.4, 0.5) is 10.1 Å². The van der Waals surface area contributed by atoms with Gasteiger partial charge in [0.1, 0.15) is 17.1 Å². The molecule has 0 aromatic heterocycles. The van der Waals surface area contributed by atoms with Crippen LogP contribution in [0.3, 0.4) is 0 Å². The Hall–Kier alpha value is -2.74. The van der Waals surface area contributed by atoms with Crippen molar-refractivity contribution in [3.05, 3.63) is 40.8 Å². The fourth-order valence-corrected chi connectivity index (χ4v) is 2.11. The van der Waals surface area contributed by atoms with Crippen molar-refractivity contribution in [3.63, 3.8) is 0 Å². The Morgan fingerprint density at radius 2 is 2.05 bits per heavy atom. The molecule has 3 N–H and O–H groups in total. The molecule has 2 amide bonds. The molecule has 0 unspecified atom stereocenters. The van der Waals surface area contributed by atoms with E-state index < -0.39 is 35.8 Å². The van der Waals surface area contributed by atoms with Crippen LogP contribution >= 0.6 is 0 Å². The van der Waals surface area contributed by atoms with Gasteiger partial charge in [0.15, 0.2) is 0 Å². The van der Waals surface area contributed by atoms with Crippen LogP contribution in [-0.2, 0) is 9.59 Å². The first-order valence-electron chi connectivity index (χ1n) is 6.34. The first-order valence-corrected chi connectivity index (χ1v) is 6.34. The van der Waals surface area contributed by atoms with Gasteiger partial charge in [-0.25, -0.2) is 9.18 Å². The zero-order chi connectivity index (χ0) is 16.4. The van der Waals surface area contributed by atoms with Crippen molar-refractivity contribution in [2.75, 3.05) is 18.5 Å². The van der Waals surface area contributed by atoms with E-state index in [2.05, 4.69) is 5.32 Å². The predicted molar refractivity (Wildman–Crippen MR) is 73.6 cm³/mol. The van der Waals surface area contributed by atoms with E-state index in [0.29, 0.717) is 5.56 Å². The van der Waals surface area contributed by atoms with Crippen LogP contribution in [-0.4, -0.2) is 46.0 Å². The summed E-state index contributed by atoms with van der Waals surface area (Å²) in [6, 6.07) is 2.42. The number of carbonyl (C=O) groups is 3. The van der Waals surface area contributed by atoms with Crippen molar-refractivity contribution in [1.82, 2.24) is 4.90 Å². The summed E-state index contributed by atoms with van der Waals surface area (Å²) in [6.45, 7) is 0.999. The lowest BCUT2D eigenvalue weighted by molar-refractivity contribution is -0.137. The summed E-state index contributed by atoms with van der Waals surface area (Å²) in [5.41, 5.74) is -0.462. The number of aliphatic hydroxyl groups is 1. The first kappa shape index (κ1) is 15.6. The van der Waals surface area contributed by atoms with Gasteiger partial charge in [0.05, 0.1) is 18.8 Å². The molecule has 1 heterocycles. The lowest BCUT2D eigenvalue weighted by Crippen LogP contribution is -2.34. The van der Waals surface area contributed by atoms with Crippen LogP contribution in [0, 0.1) is 12.7 Å². The Balaban J connectivity index is 2.36. The van der Waals surface area contributed by atoms with Crippen LogP contribution in [0.5, 0.6) is 0 Å². The molecule has 2 rings (SSSR count). The van der Waals surface area contributed by atoms with E-state index in [9.17, 15) is 18.8 Å². The topological polar surface area (TPSA) is 107 Å². The highest BCUT2D eigenvalue weighted by molar-refractivity contribution is 6.17. The van der Waals surface area contributed by atoms with Gasteiger partial charge in [-0.15, -0.1) is 0 Å². The van der Waals surface area contributed by atoms with Gasteiger partial charge in [-0.1, -0.05) is 0 Å². The number of imide groups is 1. The number of anilines is 1. The summed E-state index contributed by atoms with van der Waals surface area (Å²) in [5.74, 6) is -3.78. The summed E-state index contributed by atoms with van der Waals surface area (Å²) in [5, 5.41) is 20.4. The van der Waals surface area contributed by atoms with Crippen LogP contribution in [0.2, 0.25) is 0 Å². The van der Waals surface area contributed by atoms with Crippen molar-refractivity contribution in [2.45, 2.75) is 6.92 Å². The number of hydrogen-bond donors (Lipinski definition) is 3. The van der Waals surface area contributed by atoms with Gasteiger partial charge in [0, 0.05) is 6.08 Å². The molecule has 22 heavy (non-hydrogen) atoms. The highest BCUT2D eigenvalue weighted by Crippen LogP contribution is 2.25. The van der Waals surface area contributed by atoms with Crippen molar-refractivity contribution in [1.29, 1.82) is 0 Å². The number of aromatic carboxylic acids is 1. The van der Waals surface area contributed by atoms with Crippen molar-refractivity contribution in [2.24, 2.45) is 0 Å². The van der Waals surface area contributed by atoms with Crippen molar-refractivity contribution < 1.29 is 29.0 Å². The molecule has 8 heteroatoms. The largest absolute Gasteiger partial charge is 0.478 e. The molecular formula is C14H13FN2O5. The Morgan fingerprint density at radius 1 is 1.36 bits per heavy atom. The summed E-state index contributed by atoms with van der Waals surface area (Å²) < 4.78 is 13.8. The minimum atomic E-state index is -1.50. The van der Waals surface area contributed by atoms with E-state index in [4.69, 9.17) is 10.2 Å². The normalized spacial score (nSPS) is 14.3. The summed E-state index contributed by atoms with van der Waals surface area (Å²) in [6.07, 6.45) is 0.976.